The molecule has 0 aliphatic carbocycles. The minimum Gasteiger partial charge on any atom is -0.338 e. The number of benzene rings is 1. The van der Waals surface area contributed by atoms with Crippen molar-refractivity contribution in [3.63, 3.8) is 0 Å². The first-order valence-corrected chi connectivity index (χ1v) is 10.7. The monoisotopic (exact) mass is 397 g/mol. The Kier molecular flexibility index (Phi) is 4.68. The van der Waals surface area contributed by atoms with Crippen molar-refractivity contribution in [3.05, 3.63) is 54.5 Å². The van der Waals surface area contributed by atoms with Gasteiger partial charge in [0.25, 0.3) is 5.91 Å². The lowest BCUT2D eigenvalue weighted by Gasteiger charge is -2.23. The highest BCUT2D eigenvalue weighted by Gasteiger charge is 2.33. The van der Waals surface area contributed by atoms with E-state index in [1.165, 1.54) is 17.3 Å². The summed E-state index contributed by atoms with van der Waals surface area (Å²) in [5.41, 5.74) is 1.88. The Morgan fingerprint density at radius 1 is 1.14 bits per heavy atom. The standard InChI is InChI=1S/C19H19N5O3S/c1-24(15-7-9-28(26,27)12-15)18(25)14-10-21-19(22-11-14)23-16-6-2-4-13-5-3-8-20-17(13)16/h2-6,8,10-11,15H,7,9,12H2,1H3,(H,21,22,23). The van der Waals surface area contributed by atoms with E-state index in [0.29, 0.717) is 17.9 Å². The number of amides is 1. The number of rotatable bonds is 4. The number of pyridine rings is 1. The molecule has 8 nitrogen and oxygen atoms in total. The Morgan fingerprint density at radius 3 is 2.61 bits per heavy atom. The molecule has 1 unspecified atom stereocenters. The van der Waals surface area contributed by atoms with Crippen molar-refractivity contribution in [2.75, 3.05) is 23.9 Å². The van der Waals surface area contributed by atoms with Crippen LogP contribution in [0.3, 0.4) is 0 Å². The van der Waals surface area contributed by atoms with Gasteiger partial charge in [-0.25, -0.2) is 18.4 Å². The molecule has 1 aliphatic heterocycles. The van der Waals surface area contributed by atoms with Crippen LogP contribution in [0.15, 0.2) is 48.9 Å². The summed E-state index contributed by atoms with van der Waals surface area (Å²) in [6, 6.07) is 9.29. The lowest BCUT2D eigenvalue weighted by Crippen LogP contribution is -2.37. The van der Waals surface area contributed by atoms with Crippen LogP contribution in [0.25, 0.3) is 10.9 Å². The van der Waals surface area contributed by atoms with E-state index in [2.05, 4.69) is 20.3 Å². The Bertz CT molecular complexity index is 1130. The summed E-state index contributed by atoms with van der Waals surface area (Å²) in [7, 11) is -1.44. The molecule has 1 aliphatic rings. The zero-order chi connectivity index (χ0) is 19.7. The van der Waals surface area contributed by atoms with Crippen LogP contribution in [-0.4, -0.2) is 58.8 Å². The topological polar surface area (TPSA) is 105 Å². The number of carbonyl (C=O) groups is 1. The van der Waals surface area contributed by atoms with Crippen molar-refractivity contribution in [2.24, 2.45) is 0 Å². The third kappa shape index (κ3) is 3.65. The van der Waals surface area contributed by atoms with Gasteiger partial charge in [-0.1, -0.05) is 18.2 Å². The molecule has 1 amide bonds. The smallest absolute Gasteiger partial charge is 0.257 e. The van der Waals surface area contributed by atoms with Crippen LogP contribution in [0.4, 0.5) is 11.6 Å². The summed E-state index contributed by atoms with van der Waals surface area (Å²) in [4.78, 5) is 26.9. The number of carbonyl (C=O) groups excluding carboxylic acids is 1. The number of fused-ring (bicyclic) bond motifs is 1. The molecular weight excluding hydrogens is 378 g/mol. The quantitative estimate of drug-likeness (QED) is 0.718. The average Bonchev–Trinajstić information content (AvgIpc) is 3.07. The van der Waals surface area contributed by atoms with E-state index in [1.807, 2.05) is 30.3 Å². The van der Waals surface area contributed by atoms with Gasteiger partial charge in [0.1, 0.15) is 0 Å². The van der Waals surface area contributed by atoms with Crippen LogP contribution in [-0.2, 0) is 9.84 Å². The van der Waals surface area contributed by atoms with Crippen LogP contribution < -0.4 is 5.32 Å². The van der Waals surface area contributed by atoms with Gasteiger partial charge in [-0.15, -0.1) is 0 Å². The fraction of sp³-hybridized carbons (Fsp3) is 0.263. The highest BCUT2D eigenvalue weighted by Crippen LogP contribution is 2.23. The third-order valence-corrected chi connectivity index (χ3v) is 6.60. The predicted molar refractivity (Wildman–Crippen MR) is 106 cm³/mol. The molecule has 1 N–H and O–H groups in total. The number of hydrogen-bond donors (Lipinski definition) is 1. The van der Waals surface area contributed by atoms with Crippen molar-refractivity contribution in [3.8, 4) is 0 Å². The molecule has 28 heavy (non-hydrogen) atoms. The SMILES string of the molecule is CN(C(=O)c1cnc(Nc2cccc3cccnc23)nc1)C1CCS(=O)(=O)C1. The summed E-state index contributed by atoms with van der Waals surface area (Å²) in [6.45, 7) is 0. The molecule has 3 aromatic rings. The van der Waals surface area contributed by atoms with Gasteiger partial charge in [-0.2, -0.15) is 0 Å². The van der Waals surface area contributed by atoms with Gasteiger partial charge >= 0.3 is 0 Å². The zero-order valence-corrected chi connectivity index (χ0v) is 16.1. The molecule has 3 heterocycles. The molecule has 0 radical (unpaired) electrons. The molecule has 0 spiro atoms. The van der Waals surface area contributed by atoms with E-state index in [9.17, 15) is 13.2 Å². The van der Waals surface area contributed by atoms with Crippen LogP contribution in [0.5, 0.6) is 0 Å². The first-order valence-electron chi connectivity index (χ1n) is 8.83. The molecule has 9 heteroatoms. The van der Waals surface area contributed by atoms with Crippen LogP contribution in [0.2, 0.25) is 0 Å². The van der Waals surface area contributed by atoms with E-state index in [1.54, 1.807) is 13.2 Å². The Morgan fingerprint density at radius 2 is 1.89 bits per heavy atom. The van der Waals surface area contributed by atoms with E-state index < -0.39 is 9.84 Å². The van der Waals surface area contributed by atoms with Gasteiger partial charge in [-0.05, 0) is 18.6 Å². The second-order valence-corrected chi connectivity index (χ2v) is 9.00. The lowest BCUT2D eigenvalue weighted by atomic mass is 10.2. The summed E-state index contributed by atoms with van der Waals surface area (Å²) < 4.78 is 23.3. The lowest BCUT2D eigenvalue weighted by molar-refractivity contribution is 0.0747. The zero-order valence-electron chi connectivity index (χ0n) is 15.2. The van der Waals surface area contributed by atoms with Crippen molar-refractivity contribution < 1.29 is 13.2 Å². The summed E-state index contributed by atoms with van der Waals surface area (Å²) in [5, 5.41) is 4.11. The van der Waals surface area contributed by atoms with Crippen LogP contribution in [0.1, 0.15) is 16.8 Å². The summed E-state index contributed by atoms with van der Waals surface area (Å²) in [5.74, 6) is 0.179. The molecular formula is C19H19N5O3S. The van der Waals surface area contributed by atoms with E-state index in [-0.39, 0.29) is 23.5 Å². The number of nitrogens with one attached hydrogen (secondary N) is 1. The Balaban J connectivity index is 1.50. The minimum atomic E-state index is -3.06. The normalized spacial score (nSPS) is 18.1. The fourth-order valence-corrected chi connectivity index (χ4v) is 5.05. The summed E-state index contributed by atoms with van der Waals surface area (Å²) in [6.07, 6.45) is 5.06. The Hall–Kier alpha value is -3.07. The van der Waals surface area contributed by atoms with Crippen LogP contribution >= 0.6 is 0 Å². The van der Waals surface area contributed by atoms with Crippen LogP contribution in [0, 0.1) is 0 Å². The van der Waals surface area contributed by atoms with E-state index in [0.717, 1.165) is 16.6 Å². The highest BCUT2D eigenvalue weighted by atomic mass is 32.2. The van der Waals surface area contributed by atoms with Gasteiger partial charge < -0.3 is 10.2 Å². The number of aromatic nitrogens is 3. The molecule has 1 aromatic carbocycles. The number of hydrogen-bond acceptors (Lipinski definition) is 7. The number of sulfone groups is 1. The first-order chi connectivity index (χ1) is 13.4. The Labute approximate surface area is 162 Å². The van der Waals surface area contributed by atoms with Gasteiger partial charge in [-0.3, -0.25) is 9.78 Å². The maximum atomic E-state index is 12.6. The molecule has 1 fully saturated rings. The third-order valence-electron chi connectivity index (χ3n) is 4.85. The first kappa shape index (κ1) is 18.3. The molecule has 0 saturated carbocycles. The maximum absolute atomic E-state index is 12.6. The van der Waals surface area contributed by atoms with Gasteiger partial charge in [0.15, 0.2) is 9.84 Å². The van der Waals surface area contributed by atoms with Gasteiger partial charge in [0.2, 0.25) is 5.95 Å². The second kappa shape index (κ2) is 7.16. The number of nitrogens with zero attached hydrogens (tertiary/aromatic N) is 4. The van der Waals surface area contributed by atoms with E-state index >= 15 is 0 Å². The van der Waals surface area contributed by atoms with Gasteiger partial charge in [0, 0.05) is 37.1 Å². The van der Waals surface area contributed by atoms with Gasteiger partial charge in [0.05, 0.1) is 28.3 Å². The molecule has 1 atom stereocenters. The fourth-order valence-electron chi connectivity index (χ4n) is 3.28. The van der Waals surface area contributed by atoms with Crippen molar-refractivity contribution in [2.45, 2.75) is 12.5 Å². The molecule has 1 saturated heterocycles. The average molecular weight is 397 g/mol. The minimum absolute atomic E-state index is 0.00379. The van der Waals surface area contributed by atoms with Crippen molar-refractivity contribution in [1.82, 2.24) is 19.9 Å². The largest absolute Gasteiger partial charge is 0.338 e. The van der Waals surface area contributed by atoms with Crippen molar-refractivity contribution in [1.29, 1.82) is 0 Å². The molecule has 0 bridgehead atoms. The maximum Gasteiger partial charge on any atom is 0.257 e. The van der Waals surface area contributed by atoms with E-state index in [4.69, 9.17) is 0 Å². The number of para-hydroxylation sites is 1. The number of anilines is 2. The molecule has 2 aromatic heterocycles. The highest BCUT2D eigenvalue weighted by molar-refractivity contribution is 7.91. The predicted octanol–water partition coefficient (Wildman–Crippen LogP) is 2.03. The molecule has 144 valence electrons. The second-order valence-electron chi connectivity index (χ2n) is 6.77. The summed E-state index contributed by atoms with van der Waals surface area (Å²) >= 11 is 0. The molecule has 4 rings (SSSR count). The van der Waals surface area contributed by atoms with Crippen molar-refractivity contribution >= 4 is 38.3 Å².